The number of hydrogen-bond acceptors (Lipinski definition) is 6. The Morgan fingerprint density at radius 1 is 1.14 bits per heavy atom. The van der Waals surface area contributed by atoms with E-state index in [2.05, 4.69) is 15.5 Å². The average molecular weight is 433 g/mol. The molecule has 0 fully saturated rings. The SMILES string of the molecule is Cc1nnc(NC(=O)[C@H]2Cc3ccccc3CN2S(=O)(=O)c2ccc(F)cc2)s1. The van der Waals surface area contributed by atoms with Crippen LogP contribution in [0.3, 0.4) is 0 Å². The van der Waals surface area contributed by atoms with Gasteiger partial charge in [-0.05, 0) is 48.7 Å². The van der Waals surface area contributed by atoms with E-state index in [1.165, 1.54) is 23.5 Å². The molecule has 1 atom stereocenters. The van der Waals surface area contributed by atoms with Gasteiger partial charge in [0.15, 0.2) is 0 Å². The van der Waals surface area contributed by atoms with Crippen molar-refractivity contribution < 1.29 is 17.6 Å². The number of amides is 1. The molecule has 0 saturated heterocycles. The Labute approximate surface area is 171 Å². The second-order valence-corrected chi connectivity index (χ2v) is 9.68. The molecular weight excluding hydrogens is 415 g/mol. The van der Waals surface area contributed by atoms with E-state index in [-0.39, 0.29) is 17.9 Å². The number of sulfonamides is 1. The third kappa shape index (κ3) is 3.91. The zero-order valence-electron chi connectivity index (χ0n) is 15.4. The van der Waals surface area contributed by atoms with Crippen molar-refractivity contribution in [2.24, 2.45) is 0 Å². The largest absolute Gasteiger partial charge is 0.299 e. The molecule has 10 heteroatoms. The van der Waals surface area contributed by atoms with Crippen LogP contribution in [0.25, 0.3) is 0 Å². The molecule has 4 rings (SSSR count). The molecule has 0 spiro atoms. The van der Waals surface area contributed by atoms with Crippen LogP contribution < -0.4 is 5.32 Å². The van der Waals surface area contributed by atoms with E-state index in [1.807, 2.05) is 24.3 Å². The van der Waals surface area contributed by atoms with Gasteiger partial charge >= 0.3 is 0 Å². The summed E-state index contributed by atoms with van der Waals surface area (Å²) in [4.78, 5) is 12.9. The van der Waals surface area contributed by atoms with Crippen molar-refractivity contribution in [2.45, 2.75) is 30.8 Å². The number of hydrogen-bond donors (Lipinski definition) is 1. The van der Waals surface area contributed by atoms with Crippen LogP contribution in [0.4, 0.5) is 9.52 Å². The lowest BCUT2D eigenvalue weighted by molar-refractivity contribution is -0.120. The average Bonchev–Trinajstić information content (AvgIpc) is 3.11. The fraction of sp³-hybridized carbons (Fsp3) is 0.211. The monoisotopic (exact) mass is 432 g/mol. The van der Waals surface area contributed by atoms with Gasteiger partial charge in [0.1, 0.15) is 16.9 Å². The number of nitrogens with zero attached hydrogens (tertiary/aromatic N) is 3. The van der Waals surface area contributed by atoms with E-state index >= 15 is 0 Å². The lowest BCUT2D eigenvalue weighted by Gasteiger charge is -2.34. The fourth-order valence-electron chi connectivity index (χ4n) is 3.25. The number of carbonyl (C=O) groups excluding carboxylic acids is 1. The molecule has 2 heterocycles. The zero-order chi connectivity index (χ0) is 20.6. The first kappa shape index (κ1) is 19.6. The number of halogens is 1. The van der Waals surface area contributed by atoms with Crippen molar-refractivity contribution in [3.63, 3.8) is 0 Å². The summed E-state index contributed by atoms with van der Waals surface area (Å²) in [7, 11) is -4.03. The van der Waals surface area contributed by atoms with Gasteiger partial charge in [-0.15, -0.1) is 10.2 Å². The van der Waals surface area contributed by atoms with Gasteiger partial charge in [-0.25, -0.2) is 12.8 Å². The van der Waals surface area contributed by atoms with E-state index in [0.29, 0.717) is 10.1 Å². The van der Waals surface area contributed by atoms with E-state index < -0.39 is 27.8 Å². The number of rotatable bonds is 4. The predicted octanol–water partition coefficient (Wildman–Crippen LogP) is 2.74. The molecule has 0 radical (unpaired) electrons. The molecule has 7 nitrogen and oxygen atoms in total. The molecule has 1 amide bonds. The third-order valence-corrected chi connectivity index (χ3v) is 7.31. The quantitative estimate of drug-likeness (QED) is 0.684. The minimum atomic E-state index is -4.03. The number of benzene rings is 2. The van der Waals surface area contributed by atoms with Crippen LogP contribution in [0.1, 0.15) is 16.1 Å². The summed E-state index contributed by atoms with van der Waals surface area (Å²) < 4.78 is 41.0. The van der Waals surface area contributed by atoms with Crippen molar-refractivity contribution in [1.29, 1.82) is 0 Å². The number of aromatic nitrogens is 2. The van der Waals surface area contributed by atoms with Crippen molar-refractivity contribution in [3.8, 4) is 0 Å². The van der Waals surface area contributed by atoms with Gasteiger partial charge in [-0.1, -0.05) is 35.6 Å². The topological polar surface area (TPSA) is 92.3 Å². The van der Waals surface area contributed by atoms with Crippen molar-refractivity contribution in [1.82, 2.24) is 14.5 Å². The van der Waals surface area contributed by atoms with Crippen LogP contribution in [0.2, 0.25) is 0 Å². The molecule has 0 saturated carbocycles. The van der Waals surface area contributed by atoms with Crippen LogP contribution in [0, 0.1) is 12.7 Å². The maximum atomic E-state index is 13.3. The molecule has 3 aromatic rings. The number of nitrogens with one attached hydrogen (secondary N) is 1. The van der Waals surface area contributed by atoms with Gasteiger partial charge in [-0.3, -0.25) is 10.1 Å². The van der Waals surface area contributed by atoms with E-state index in [9.17, 15) is 17.6 Å². The minimum Gasteiger partial charge on any atom is -0.299 e. The first-order valence-corrected chi connectivity index (χ1v) is 11.1. The normalized spacial score (nSPS) is 17.0. The Hall–Kier alpha value is -2.69. The molecule has 1 aliphatic heterocycles. The summed E-state index contributed by atoms with van der Waals surface area (Å²) in [5.74, 6) is -1.02. The highest BCUT2D eigenvalue weighted by molar-refractivity contribution is 7.89. The predicted molar refractivity (Wildman–Crippen MR) is 106 cm³/mol. The van der Waals surface area contributed by atoms with Crippen molar-refractivity contribution >= 4 is 32.4 Å². The van der Waals surface area contributed by atoms with Crippen molar-refractivity contribution in [2.75, 3.05) is 5.32 Å². The Bertz CT molecular complexity index is 1160. The van der Waals surface area contributed by atoms with Gasteiger partial charge in [-0.2, -0.15) is 4.31 Å². The van der Waals surface area contributed by atoms with Gasteiger partial charge < -0.3 is 0 Å². The first-order valence-electron chi connectivity index (χ1n) is 8.80. The standard InChI is InChI=1S/C19H17FN4O3S2/c1-12-22-23-19(28-12)21-18(25)17-10-13-4-2-3-5-14(13)11-24(17)29(26,27)16-8-6-15(20)7-9-16/h2-9,17H,10-11H2,1H3,(H,21,23,25)/t17-/m1/s1. The second kappa shape index (κ2) is 7.62. The summed E-state index contributed by atoms with van der Waals surface area (Å²) in [6.45, 7) is 1.80. The summed E-state index contributed by atoms with van der Waals surface area (Å²) in [5, 5.41) is 11.4. The summed E-state index contributed by atoms with van der Waals surface area (Å²) in [5.41, 5.74) is 1.74. The Balaban J connectivity index is 1.71. The minimum absolute atomic E-state index is 0.0448. The van der Waals surface area contributed by atoms with Crippen LogP contribution in [0.5, 0.6) is 0 Å². The molecule has 150 valence electrons. The molecule has 2 aromatic carbocycles. The number of carbonyl (C=O) groups is 1. The molecule has 1 aromatic heterocycles. The maximum Gasteiger partial charge on any atom is 0.245 e. The van der Waals surface area contributed by atoms with E-state index in [4.69, 9.17) is 0 Å². The van der Waals surface area contributed by atoms with Gasteiger partial charge in [0.25, 0.3) is 0 Å². The molecule has 1 N–H and O–H groups in total. The summed E-state index contributed by atoms with van der Waals surface area (Å²) >= 11 is 1.21. The Morgan fingerprint density at radius 2 is 1.83 bits per heavy atom. The highest BCUT2D eigenvalue weighted by Crippen LogP contribution is 2.30. The first-order chi connectivity index (χ1) is 13.8. The number of fused-ring (bicyclic) bond motifs is 1. The summed E-state index contributed by atoms with van der Waals surface area (Å²) in [6, 6.07) is 11.0. The second-order valence-electron chi connectivity index (χ2n) is 6.61. The lowest BCUT2D eigenvalue weighted by Crippen LogP contribution is -2.50. The maximum absolute atomic E-state index is 13.3. The molecule has 0 unspecified atom stereocenters. The zero-order valence-corrected chi connectivity index (χ0v) is 17.0. The van der Waals surface area contributed by atoms with Gasteiger partial charge in [0.05, 0.1) is 4.90 Å². The van der Waals surface area contributed by atoms with Crippen molar-refractivity contribution in [3.05, 3.63) is 70.5 Å². The van der Waals surface area contributed by atoms with Crippen LogP contribution >= 0.6 is 11.3 Å². The smallest absolute Gasteiger partial charge is 0.245 e. The van der Waals surface area contributed by atoms with Crippen LogP contribution in [0.15, 0.2) is 53.4 Å². The van der Waals surface area contributed by atoms with Crippen LogP contribution in [-0.4, -0.2) is 34.9 Å². The number of aryl methyl sites for hydroxylation is 1. The highest BCUT2D eigenvalue weighted by Gasteiger charge is 2.39. The lowest BCUT2D eigenvalue weighted by atomic mass is 9.95. The van der Waals surface area contributed by atoms with Gasteiger partial charge in [0.2, 0.25) is 21.1 Å². The molecular formula is C19H17FN4O3S2. The Kier molecular flexibility index (Phi) is 5.15. The third-order valence-electron chi connectivity index (χ3n) is 4.68. The molecule has 1 aliphatic rings. The fourth-order valence-corrected chi connectivity index (χ4v) is 5.41. The number of anilines is 1. The highest BCUT2D eigenvalue weighted by atomic mass is 32.2. The molecule has 0 bridgehead atoms. The summed E-state index contributed by atoms with van der Waals surface area (Å²) in [6.07, 6.45) is 0.222. The van der Waals surface area contributed by atoms with Crippen LogP contribution in [-0.2, 0) is 27.8 Å². The van der Waals surface area contributed by atoms with E-state index in [1.54, 1.807) is 6.92 Å². The van der Waals surface area contributed by atoms with E-state index in [0.717, 1.165) is 27.6 Å². The Morgan fingerprint density at radius 3 is 2.48 bits per heavy atom. The van der Waals surface area contributed by atoms with Gasteiger partial charge in [0, 0.05) is 6.54 Å². The molecule has 29 heavy (non-hydrogen) atoms. The molecule has 0 aliphatic carbocycles.